The van der Waals surface area contributed by atoms with Crippen LogP contribution in [-0.4, -0.2) is 35.0 Å². The van der Waals surface area contributed by atoms with Crippen molar-refractivity contribution >= 4 is 10.8 Å². The summed E-state index contributed by atoms with van der Waals surface area (Å²) in [5.41, 5.74) is 0. The Hall–Kier alpha value is -0.100. The Bertz CT molecular complexity index is 245. The second-order valence-corrected chi connectivity index (χ2v) is 5.89. The number of hydrogen-bond acceptors (Lipinski definition) is 2. The third-order valence-electron chi connectivity index (χ3n) is 2.96. The van der Waals surface area contributed by atoms with Crippen LogP contribution in [0, 0.1) is 5.92 Å². The summed E-state index contributed by atoms with van der Waals surface area (Å²) >= 11 is 0. The second-order valence-electron chi connectivity index (χ2n) is 4.33. The van der Waals surface area contributed by atoms with E-state index in [2.05, 4.69) is 5.32 Å². The quantitative estimate of drug-likeness (QED) is 0.835. The Morgan fingerprint density at radius 1 is 1.38 bits per heavy atom. The molecule has 0 spiro atoms. The van der Waals surface area contributed by atoms with E-state index in [1.807, 2.05) is 0 Å². The number of nitrogens with one attached hydrogen (secondary N) is 1. The summed E-state index contributed by atoms with van der Waals surface area (Å²) in [6.07, 6.45) is -0.629. The first-order valence-corrected chi connectivity index (χ1v) is 7.22. The largest absolute Gasteiger partial charge is 0.391 e. The molecule has 1 N–H and O–H groups in total. The molecule has 0 saturated heterocycles. The van der Waals surface area contributed by atoms with Gasteiger partial charge in [0.15, 0.2) is 0 Å². The summed E-state index contributed by atoms with van der Waals surface area (Å²) in [6, 6.07) is -0.0658. The van der Waals surface area contributed by atoms with Crippen LogP contribution >= 0.6 is 0 Å². The van der Waals surface area contributed by atoms with Crippen molar-refractivity contribution in [1.29, 1.82) is 0 Å². The van der Waals surface area contributed by atoms with E-state index < -0.39 is 22.9 Å². The zero-order chi connectivity index (χ0) is 12.2. The highest BCUT2D eigenvalue weighted by Gasteiger charge is 2.41. The summed E-state index contributed by atoms with van der Waals surface area (Å²) in [4.78, 5) is 0. The Morgan fingerprint density at radius 3 is 2.62 bits per heavy atom. The van der Waals surface area contributed by atoms with E-state index in [-0.39, 0.29) is 18.9 Å². The van der Waals surface area contributed by atoms with Crippen molar-refractivity contribution in [3.8, 4) is 0 Å². The molecule has 0 amide bonds. The smallest absolute Gasteiger partial charge is 0.313 e. The first-order chi connectivity index (χ1) is 7.39. The van der Waals surface area contributed by atoms with Crippen molar-refractivity contribution < 1.29 is 17.4 Å². The lowest BCUT2D eigenvalue weighted by Crippen LogP contribution is -2.40. The highest BCUT2D eigenvalue weighted by Crippen LogP contribution is 2.37. The van der Waals surface area contributed by atoms with Crippen LogP contribution < -0.4 is 5.32 Å². The van der Waals surface area contributed by atoms with Crippen LogP contribution in [0.2, 0.25) is 0 Å². The lowest BCUT2D eigenvalue weighted by molar-refractivity contribution is -0.183. The standard InChI is InChI=1S/C10H18F3NOS/c1-16(15)6-5-14-9-4-2-3-8(7-9)10(11,12)13/h8-9,14H,2-7H2,1H3. The van der Waals surface area contributed by atoms with Crippen molar-refractivity contribution in [2.75, 3.05) is 18.6 Å². The lowest BCUT2D eigenvalue weighted by atomic mass is 9.85. The molecule has 0 aromatic carbocycles. The minimum atomic E-state index is -4.06. The fraction of sp³-hybridized carbons (Fsp3) is 1.00. The van der Waals surface area contributed by atoms with Crippen molar-refractivity contribution in [3.63, 3.8) is 0 Å². The monoisotopic (exact) mass is 257 g/mol. The van der Waals surface area contributed by atoms with Crippen molar-refractivity contribution in [1.82, 2.24) is 5.32 Å². The Labute approximate surface area is 96.4 Å². The predicted octanol–water partition coefficient (Wildman–Crippen LogP) is 2.08. The van der Waals surface area contributed by atoms with Gasteiger partial charge in [-0.25, -0.2) is 0 Å². The Balaban J connectivity index is 2.31. The van der Waals surface area contributed by atoms with E-state index in [9.17, 15) is 17.4 Å². The normalized spacial score (nSPS) is 29.0. The molecular formula is C10H18F3NOS. The zero-order valence-corrected chi connectivity index (χ0v) is 10.2. The summed E-state index contributed by atoms with van der Waals surface area (Å²) in [5, 5.41) is 3.06. The molecule has 16 heavy (non-hydrogen) atoms. The topological polar surface area (TPSA) is 29.1 Å². The lowest BCUT2D eigenvalue weighted by Gasteiger charge is -2.31. The third-order valence-corrected chi connectivity index (χ3v) is 3.74. The Morgan fingerprint density at radius 2 is 2.06 bits per heavy atom. The summed E-state index contributed by atoms with van der Waals surface area (Å²) < 4.78 is 48.3. The summed E-state index contributed by atoms with van der Waals surface area (Å²) in [7, 11) is -0.880. The minimum absolute atomic E-state index is 0.0658. The van der Waals surface area contributed by atoms with Crippen LogP contribution in [-0.2, 0) is 10.8 Å². The summed E-state index contributed by atoms with van der Waals surface area (Å²) in [5.74, 6) is -0.654. The van der Waals surface area contributed by atoms with Gasteiger partial charge in [-0.05, 0) is 19.3 Å². The van der Waals surface area contributed by atoms with Gasteiger partial charge in [0.05, 0.1) is 5.92 Å². The van der Waals surface area contributed by atoms with Gasteiger partial charge in [0.1, 0.15) is 0 Å². The Kier molecular flexibility index (Phi) is 5.24. The van der Waals surface area contributed by atoms with E-state index in [0.29, 0.717) is 18.7 Å². The zero-order valence-electron chi connectivity index (χ0n) is 9.35. The minimum Gasteiger partial charge on any atom is -0.313 e. The molecule has 0 aliphatic heterocycles. The van der Waals surface area contributed by atoms with E-state index in [4.69, 9.17) is 0 Å². The molecule has 2 nitrogen and oxygen atoms in total. The fourth-order valence-electron chi connectivity index (χ4n) is 2.08. The molecule has 1 aliphatic rings. The van der Waals surface area contributed by atoms with Gasteiger partial charge in [-0.1, -0.05) is 6.42 Å². The molecule has 0 radical (unpaired) electrons. The average molecular weight is 257 g/mol. The predicted molar refractivity (Wildman–Crippen MR) is 58.7 cm³/mol. The fourth-order valence-corrected chi connectivity index (χ4v) is 2.48. The molecule has 1 fully saturated rings. The van der Waals surface area contributed by atoms with Crippen LogP contribution in [0.1, 0.15) is 25.7 Å². The first-order valence-electron chi connectivity index (χ1n) is 5.49. The van der Waals surface area contributed by atoms with Crippen molar-refractivity contribution in [2.45, 2.75) is 37.9 Å². The van der Waals surface area contributed by atoms with Gasteiger partial charge in [0, 0.05) is 35.4 Å². The van der Waals surface area contributed by atoms with Gasteiger partial charge < -0.3 is 5.32 Å². The maximum absolute atomic E-state index is 12.5. The molecule has 96 valence electrons. The van der Waals surface area contributed by atoms with E-state index in [0.717, 1.165) is 6.42 Å². The van der Waals surface area contributed by atoms with Crippen LogP contribution in [0.15, 0.2) is 0 Å². The van der Waals surface area contributed by atoms with Gasteiger partial charge in [0.25, 0.3) is 0 Å². The number of halogens is 3. The highest BCUT2D eigenvalue weighted by molar-refractivity contribution is 7.84. The van der Waals surface area contributed by atoms with E-state index in [1.165, 1.54) is 0 Å². The first kappa shape index (κ1) is 14.0. The SMILES string of the molecule is CS(=O)CCNC1CCCC(C(F)(F)F)C1. The van der Waals surface area contributed by atoms with Crippen LogP contribution in [0.3, 0.4) is 0 Å². The highest BCUT2D eigenvalue weighted by atomic mass is 32.2. The third kappa shape index (κ3) is 4.82. The van der Waals surface area contributed by atoms with Gasteiger partial charge in [-0.2, -0.15) is 13.2 Å². The molecule has 3 atom stereocenters. The van der Waals surface area contributed by atoms with Gasteiger partial charge in [-0.15, -0.1) is 0 Å². The molecular weight excluding hydrogens is 239 g/mol. The van der Waals surface area contributed by atoms with Crippen LogP contribution in [0.5, 0.6) is 0 Å². The van der Waals surface area contributed by atoms with Crippen molar-refractivity contribution in [2.24, 2.45) is 5.92 Å². The molecule has 0 aromatic rings. The molecule has 1 saturated carbocycles. The molecule has 0 aromatic heterocycles. The summed E-state index contributed by atoms with van der Waals surface area (Å²) in [6.45, 7) is 0.540. The molecule has 6 heteroatoms. The van der Waals surface area contributed by atoms with E-state index in [1.54, 1.807) is 6.26 Å². The molecule has 3 unspecified atom stereocenters. The average Bonchev–Trinajstić information content (AvgIpc) is 2.16. The van der Waals surface area contributed by atoms with Crippen molar-refractivity contribution in [3.05, 3.63) is 0 Å². The maximum Gasteiger partial charge on any atom is 0.391 e. The number of rotatable bonds is 4. The van der Waals surface area contributed by atoms with Gasteiger partial charge >= 0.3 is 6.18 Å². The van der Waals surface area contributed by atoms with Gasteiger partial charge in [0.2, 0.25) is 0 Å². The molecule has 1 rings (SSSR count). The number of hydrogen-bond donors (Lipinski definition) is 1. The number of alkyl halides is 3. The maximum atomic E-state index is 12.5. The second kappa shape index (κ2) is 6.00. The molecule has 0 bridgehead atoms. The molecule has 1 aliphatic carbocycles. The molecule has 0 heterocycles. The van der Waals surface area contributed by atoms with Crippen LogP contribution in [0.25, 0.3) is 0 Å². The van der Waals surface area contributed by atoms with Crippen LogP contribution in [0.4, 0.5) is 13.2 Å². The van der Waals surface area contributed by atoms with Gasteiger partial charge in [-0.3, -0.25) is 4.21 Å². The van der Waals surface area contributed by atoms with E-state index >= 15 is 0 Å².